The van der Waals surface area contributed by atoms with Crippen LogP contribution in [0.25, 0.3) is 0 Å². The van der Waals surface area contributed by atoms with Crippen molar-refractivity contribution >= 4 is 6.03 Å². The molecule has 0 radical (unpaired) electrons. The van der Waals surface area contributed by atoms with E-state index in [2.05, 4.69) is 17.6 Å². The minimum atomic E-state index is -0.0468. The number of aliphatic hydroxyl groups excluding tert-OH is 1. The summed E-state index contributed by atoms with van der Waals surface area (Å²) in [4.78, 5) is 11.9. The van der Waals surface area contributed by atoms with Crippen molar-refractivity contribution in [3.8, 4) is 0 Å². The molecule has 0 aromatic heterocycles. The molecule has 0 spiro atoms. The van der Waals surface area contributed by atoms with Crippen LogP contribution in [0.2, 0.25) is 0 Å². The molecule has 118 valence electrons. The molecular weight excluding hydrogens is 252 g/mol. The quantitative estimate of drug-likeness (QED) is 0.629. The van der Waals surface area contributed by atoms with E-state index in [-0.39, 0.29) is 18.1 Å². The van der Waals surface area contributed by atoms with Crippen molar-refractivity contribution in [2.24, 2.45) is 11.3 Å². The lowest BCUT2D eigenvalue weighted by molar-refractivity contribution is 0.148. The van der Waals surface area contributed by atoms with Crippen LogP contribution in [-0.4, -0.2) is 30.3 Å². The number of hydrogen-bond acceptors (Lipinski definition) is 2. The van der Waals surface area contributed by atoms with Crippen molar-refractivity contribution in [1.29, 1.82) is 0 Å². The predicted octanol–water partition coefficient (Wildman–Crippen LogP) is 3.05. The molecule has 4 heteroatoms. The number of urea groups is 1. The smallest absolute Gasteiger partial charge is 0.315 e. The van der Waals surface area contributed by atoms with Crippen molar-refractivity contribution in [3.63, 3.8) is 0 Å². The summed E-state index contributed by atoms with van der Waals surface area (Å²) < 4.78 is 0. The molecule has 1 aliphatic carbocycles. The highest BCUT2D eigenvalue weighted by molar-refractivity contribution is 5.74. The number of aliphatic hydroxyl groups is 1. The number of hydrogen-bond donors (Lipinski definition) is 3. The first-order valence-electron chi connectivity index (χ1n) is 8.13. The van der Waals surface area contributed by atoms with Gasteiger partial charge in [0, 0.05) is 19.2 Å². The second-order valence-corrected chi connectivity index (χ2v) is 6.89. The van der Waals surface area contributed by atoms with Gasteiger partial charge >= 0.3 is 6.03 Å². The molecule has 0 heterocycles. The fourth-order valence-electron chi connectivity index (χ4n) is 2.95. The summed E-state index contributed by atoms with van der Waals surface area (Å²) in [6.45, 7) is 7.17. The molecule has 0 aromatic rings. The first kappa shape index (κ1) is 17.3. The summed E-state index contributed by atoms with van der Waals surface area (Å²) in [5.74, 6) is 0.642. The Kier molecular flexibility index (Phi) is 7.35. The van der Waals surface area contributed by atoms with Gasteiger partial charge in [0.15, 0.2) is 0 Å². The summed E-state index contributed by atoms with van der Waals surface area (Å²) in [5, 5.41) is 15.2. The summed E-state index contributed by atoms with van der Waals surface area (Å²) in [5.41, 5.74) is -0.0468. The average Bonchev–Trinajstić information content (AvgIpc) is 2.44. The number of carbonyl (C=O) groups excluding carboxylic acids is 1. The third kappa shape index (κ3) is 6.12. The van der Waals surface area contributed by atoms with E-state index in [1.54, 1.807) is 0 Å². The highest BCUT2D eigenvalue weighted by atomic mass is 16.3. The lowest BCUT2D eigenvalue weighted by Gasteiger charge is -2.31. The van der Waals surface area contributed by atoms with Gasteiger partial charge in [-0.2, -0.15) is 0 Å². The Hall–Kier alpha value is -0.770. The van der Waals surface area contributed by atoms with Gasteiger partial charge in [-0.25, -0.2) is 4.79 Å². The predicted molar refractivity (Wildman–Crippen MR) is 82.7 cm³/mol. The maximum Gasteiger partial charge on any atom is 0.315 e. The van der Waals surface area contributed by atoms with Crippen LogP contribution in [0.15, 0.2) is 0 Å². The van der Waals surface area contributed by atoms with E-state index in [1.165, 1.54) is 19.3 Å². The summed E-state index contributed by atoms with van der Waals surface area (Å²) in [6, 6.07) is 0.319. The van der Waals surface area contributed by atoms with Gasteiger partial charge in [0.1, 0.15) is 0 Å². The Bertz CT molecular complexity index is 292. The molecular formula is C16H32N2O2. The number of rotatable bonds is 7. The van der Waals surface area contributed by atoms with Crippen molar-refractivity contribution in [2.75, 3.05) is 13.2 Å². The third-order valence-electron chi connectivity index (χ3n) is 4.49. The van der Waals surface area contributed by atoms with Crippen LogP contribution < -0.4 is 10.6 Å². The molecule has 0 bridgehead atoms. The molecule has 1 rings (SSSR count). The molecule has 2 atom stereocenters. The normalized spacial score (nSPS) is 23.4. The zero-order valence-electron chi connectivity index (χ0n) is 13.4. The molecule has 1 fully saturated rings. The minimum absolute atomic E-state index is 0.0304. The fraction of sp³-hybridized carbons (Fsp3) is 0.938. The van der Waals surface area contributed by atoms with Gasteiger partial charge in [-0.15, -0.1) is 0 Å². The fourth-order valence-corrected chi connectivity index (χ4v) is 2.95. The Morgan fingerprint density at radius 2 is 2.00 bits per heavy atom. The molecule has 2 amide bonds. The molecule has 1 aliphatic rings. The maximum atomic E-state index is 11.9. The maximum absolute atomic E-state index is 11.9. The van der Waals surface area contributed by atoms with Crippen LogP contribution >= 0.6 is 0 Å². The van der Waals surface area contributed by atoms with Crippen LogP contribution in [0.4, 0.5) is 4.79 Å². The van der Waals surface area contributed by atoms with Gasteiger partial charge in [0.05, 0.1) is 0 Å². The van der Waals surface area contributed by atoms with Crippen molar-refractivity contribution in [3.05, 3.63) is 0 Å². The Labute approximate surface area is 123 Å². The monoisotopic (exact) mass is 284 g/mol. The lowest BCUT2D eigenvalue weighted by atomic mass is 9.83. The highest BCUT2D eigenvalue weighted by Crippen LogP contribution is 2.26. The van der Waals surface area contributed by atoms with Crippen LogP contribution in [0.3, 0.4) is 0 Å². The molecule has 1 saturated carbocycles. The molecule has 2 unspecified atom stereocenters. The van der Waals surface area contributed by atoms with E-state index < -0.39 is 0 Å². The standard InChI is InChI=1S/C16H32N2O2/c1-4-13-8-5-6-9-14(13)18-15(20)17-11-7-10-16(2,3)12-19/h13-14,19H,4-12H2,1-3H3,(H2,17,18,20). The molecule has 3 N–H and O–H groups in total. The third-order valence-corrected chi connectivity index (χ3v) is 4.49. The Morgan fingerprint density at radius 1 is 1.30 bits per heavy atom. The van der Waals surface area contributed by atoms with Crippen LogP contribution in [0, 0.1) is 11.3 Å². The largest absolute Gasteiger partial charge is 0.396 e. The Morgan fingerprint density at radius 3 is 2.65 bits per heavy atom. The zero-order valence-corrected chi connectivity index (χ0v) is 13.4. The number of carbonyl (C=O) groups is 1. The van der Waals surface area contributed by atoms with E-state index in [4.69, 9.17) is 0 Å². The molecule has 20 heavy (non-hydrogen) atoms. The van der Waals surface area contributed by atoms with Gasteiger partial charge in [-0.1, -0.05) is 40.0 Å². The van der Waals surface area contributed by atoms with Crippen LogP contribution in [0.1, 0.15) is 65.7 Å². The van der Waals surface area contributed by atoms with E-state index in [1.807, 2.05) is 13.8 Å². The van der Waals surface area contributed by atoms with Gasteiger partial charge < -0.3 is 15.7 Å². The molecule has 4 nitrogen and oxygen atoms in total. The Balaban J connectivity index is 2.19. The summed E-state index contributed by atoms with van der Waals surface area (Å²) in [6.07, 6.45) is 7.86. The summed E-state index contributed by atoms with van der Waals surface area (Å²) in [7, 11) is 0. The zero-order chi connectivity index (χ0) is 15.0. The van der Waals surface area contributed by atoms with Crippen molar-refractivity contribution in [2.45, 2.75) is 71.8 Å². The van der Waals surface area contributed by atoms with Gasteiger partial charge in [-0.05, 0) is 37.0 Å². The van der Waals surface area contributed by atoms with E-state index in [9.17, 15) is 9.90 Å². The first-order valence-corrected chi connectivity index (χ1v) is 8.13. The number of amides is 2. The first-order chi connectivity index (χ1) is 9.48. The number of nitrogens with one attached hydrogen (secondary N) is 2. The molecule has 0 aliphatic heterocycles. The van der Waals surface area contributed by atoms with Gasteiger partial charge in [-0.3, -0.25) is 0 Å². The van der Waals surface area contributed by atoms with E-state index in [0.29, 0.717) is 18.5 Å². The van der Waals surface area contributed by atoms with Crippen LogP contribution in [0.5, 0.6) is 0 Å². The molecule has 0 aromatic carbocycles. The highest BCUT2D eigenvalue weighted by Gasteiger charge is 2.24. The SMILES string of the molecule is CCC1CCCCC1NC(=O)NCCCC(C)(C)CO. The average molecular weight is 284 g/mol. The van der Waals surface area contributed by atoms with E-state index >= 15 is 0 Å². The van der Waals surface area contributed by atoms with Crippen molar-refractivity contribution in [1.82, 2.24) is 10.6 Å². The van der Waals surface area contributed by atoms with Gasteiger partial charge in [0.2, 0.25) is 0 Å². The topological polar surface area (TPSA) is 61.4 Å². The van der Waals surface area contributed by atoms with Gasteiger partial charge in [0.25, 0.3) is 0 Å². The lowest BCUT2D eigenvalue weighted by Crippen LogP contribution is -2.46. The summed E-state index contributed by atoms with van der Waals surface area (Å²) >= 11 is 0. The van der Waals surface area contributed by atoms with E-state index in [0.717, 1.165) is 25.7 Å². The van der Waals surface area contributed by atoms with Crippen molar-refractivity contribution < 1.29 is 9.90 Å². The minimum Gasteiger partial charge on any atom is -0.396 e. The second kappa shape index (κ2) is 8.50. The molecule has 0 saturated heterocycles. The second-order valence-electron chi connectivity index (χ2n) is 6.89. The van der Waals surface area contributed by atoms with Crippen LogP contribution in [-0.2, 0) is 0 Å².